The smallest absolute Gasteiger partial charge is 0.263 e. The number of hydrogen-bond acceptors (Lipinski definition) is 4. The molecule has 0 bridgehead atoms. The van der Waals surface area contributed by atoms with Crippen LogP contribution in [-0.4, -0.2) is 11.9 Å². The lowest BCUT2D eigenvalue weighted by Gasteiger charge is -2.19. The Morgan fingerprint density at radius 3 is 2.27 bits per heavy atom. The summed E-state index contributed by atoms with van der Waals surface area (Å²) in [4.78, 5) is 12.4. The molecule has 0 atom stereocenters. The topological polar surface area (TPSA) is 78.1 Å². The van der Waals surface area contributed by atoms with E-state index in [1.165, 1.54) is 51.1 Å². The summed E-state index contributed by atoms with van der Waals surface area (Å²) in [6, 6.07) is 5.82. The highest BCUT2D eigenvalue weighted by atomic mass is 16.3. The maximum Gasteiger partial charge on any atom is 0.263 e. The van der Waals surface area contributed by atoms with Gasteiger partial charge < -0.3 is 15.1 Å². The fraction of sp³-hybridized carbons (Fsp3) is 0.619. The highest BCUT2D eigenvalue weighted by Gasteiger charge is 2.16. The van der Waals surface area contributed by atoms with Gasteiger partial charge in [0, 0.05) is 12.2 Å². The normalized spacial score (nSPS) is 18.2. The van der Waals surface area contributed by atoms with Crippen LogP contribution in [0.15, 0.2) is 34.6 Å². The number of hydrogen-bond donors (Lipinski definition) is 2. The average Bonchev–Trinajstić information content (AvgIpc) is 3.14. The monoisotopic (exact) mass is 357 g/mol. The predicted molar refractivity (Wildman–Crippen MR) is 102 cm³/mol. The fourth-order valence-corrected chi connectivity index (χ4v) is 3.39. The molecule has 5 heteroatoms. The van der Waals surface area contributed by atoms with Gasteiger partial charge in [0.05, 0.1) is 12.8 Å². The Balaban J connectivity index is 1.83. The minimum absolute atomic E-state index is 0.114. The van der Waals surface area contributed by atoms with Gasteiger partial charge >= 0.3 is 0 Å². The standard InChI is InChI=1S/C21H31N3O2/c22-15-18(16-23-17-20-13-10-14-26-20)21(25)24-19-11-8-6-4-2-1-3-5-7-9-12-19/h10,13-14,16,19,23H,1-9,11-12,17H2,(H,24,25)/b18-16-. The van der Waals surface area contributed by atoms with Crippen LogP contribution >= 0.6 is 0 Å². The van der Waals surface area contributed by atoms with Gasteiger partial charge in [0.1, 0.15) is 17.4 Å². The van der Waals surface area contributed by atoms with Crippen LogP contribution in [0.4, 0.5) is 0 Å². The Hall–Kier alpha value is -2.22. The van der Waals surface area contributed by atoms with E-state index in [1.807, 2.05) is 18.2 Å². The second kappa shape index (κ2) is 12.2. The molecule has 1 amide bonds. The van der Waals surface area contributed by atoms with Gasteiger partial charge in [0.25, 0.3) is 5.91 Å². The summed E-state index contributed by atoms with van der Waals surface area (Å²) in [7, 11) is 0. The maximum absolute atomic E-state index is 12.4. The summed E-state index contributed by atoms with van der Waals surface area (Å²) in [6.07, 6.45) is 16.5. The number of nitrogens with one attached hydrogen (secondary N) is 2. The number of nitriles is 1. The van der Waals surface area contributed by atoms with Gasteiger partial charge in [-0.3, -0.25) is 4.79 Å². The van der Waals surface area contributed by atoms with Crippen molar-refractivity contribution in [2.45, 2.75) is 83.2 Å². The molecule has 2 rings (SSSR count). The lowest BCUT2D eigenvalue weighted by Crippen LogP contribution is -2.36. The van der Waals surface area contributed by atoms with Crippen LogP contribution in [0.2, 0.25) is 0 Å². The van der Waals surface area contributed by atoms with Gasteiger partial charge in [-0.1, -0.05) is 57.8 Å². The number of carbonyl (C=O) groups excluding carboxylic acids is 1. The molecule has 1 aromatic rings. The summed E-state index contributed by atoms with van der Waals surface area (Å²) in [6.45, 7) is 0.453. The van der Waals surface area contributed by atoms with Gasteiger partial charge in [0.2, 0.25) is 0 Å². The summed E-state index contributed by atoms with van der Waals surface area (Å²) >= 11 is 0. The van der Waals surface area contributed by atoms with E-state index in [-0.39, 0.29) is 17.5 Å². The molecule has 1 aliphatic carbocycles. The molecule has 1 saturated carbocycles. The van der Waals surface area contributed by atoms with E-state index in [0.29, 0.717) is 6.54 Å². The first kappa shape index (κ1) is 20.1. The van der Waals surface area contributed by atoms with Gasteiger partial charge in [-0.25, -0.2) is 0 Å². The van der Waals surface area contributed by atoms with Crippen LogP contribution in [0.25, 0.3) is 0 Å². The summed E-state index contributed by atoms with van der Waals surface area (Å²) in [5, 5.41) is 15.3. The lowest BCUT2D eigenvalue weighted by atomic mass is 9.98. The van der Waals surface area contributed by atoms with Crippen molar-refractivity contribution >= 4 is 5.91 Å². The predicted octanol–water partition coefficient (Wildman–Crippen LogP) is 4.57. The Labute approximate surface area is 156 Å². The van der Waals surface area contributed by atoms with Gasteiger partial charge in [-0.2, -0.15) is 5.26 Å². The van der Waals surface area contributed by atoms with E-state index in [0.717, 1.165) is 31.4 Å². The van der Waals surface area contributed by atoms with E-state index >= 15 is 0 Å². The Morgan fingerprint density at radius 1 is 1.12 bits per heavy atom. The second-order valence-corrected chi connectivity index (χ2v) is 7.06. The Bertz CT molecular complexity index is 575. The Morgan fingerprint density at radius 2 is 1.73 bits per heavy atom. The SMILES string of the molecule is N#C/C(=C/NCc1ccco1)C(=O)NC1CCCCCCCCCCC1. The van der Waals surface area contributed by atoms with Crippen molar-refractivity contribution in [3.8, 4) is 6.07 Å². The van der Waals surface area contributed by atoms with Crippen molar-refractivity contribution in [1.29, 1.82) is 5.26 Å². The van der Waals surface area contributed by atoms with Crippen LogP contribution < -0.4 is 10.6 Å². The first-order valence-electron chi connectivity index (χ1n) is 9.96. The summed E-state index contributed by atoms with van der Waals surface area (Å²) < 4.78 is 5.22. The third kappa shape index (κ3) is 7.77. The number of carbonyl (C=O) groups is 1. The van der Waals surface area contributed by atoms with Crippen molar-refractivity contribution in [1.82, 2.24) is 10.6 Å². The van der Waals surface area contributed by atoms with Crippen molar-refractivity contribution in [2.75, 3.05) is 0 Å². The van der Waals surface area contributed by atoms with Gasteiger partial charge in [-0.15, -0.1) is 0 Å². The van der Waals surface area contributed by atoms with Crippen LogP contribution in [0.5, 0.6) is 0 Å². The molecule has 0 spiro atoms. The molecule has 1 aromatic heterocycles. The van der Waals surface area contributed by atoms with Crippen molar-refractivity contribution in [2.24, 2.45) is 0 Å². The third-order valence-corrected chi connectivity index (χ3v) is 4.91. The van der Waals surface area contributed by atoms with Gasteiger partial charge in [0.15, 0.2) is 0 Å². The largest absolute Gasteiger partial charge is 0.467 e. The van der Waals surface area contributed by atoms with E-state index in [1.54, 1.807) is 6.26 Å². The zero-order chi connectivity index (χ0) is 18.5. The third-order valence-electron chi connectivity index (χ3n) is 4.91. The van der Waals surface area contributed by atoms with Crippen LogP contribution in [0.1, 0.15) is 76.4 Å². The fourth-order valence-electron chi connectivity index (χ4n) is 3.39. The van der Waals surface area contributed by atoms with Crippen molar-refractivity contribution in [3.63, 3.8) is 0 Å². The highest BCUT2D eigenvalue weighted by Crippen LogP contribution is 2.17. The number of rotatable bonds is 5. The van der Waals surface area contributed by atoms with E-state index < -0.39 is 0 Å². The van der Waals surface area contributed by atoms with Crippen LogP contribution in [-0.2, 0) is 11.3 Å². The second-order valence-electron chi connectivity index (χ2n) is 7.06. The maximum atomic E-state index is 12.4. The highest BCUT2D eigenvalue weighted by molar-refractivity contribution is 5.97. The molecule has 0 aliphatic heterocycles. The van der Waals surface area contributed by atoms with Crippen LogP contribution in [0, 0.1) is 11.3 Å². The lowest BCUT2D eigenvalue weighted by molar-refractivity contribution is -0.117. The molecule has 1 aliphatic rings. The molecule has 1 heterocycles. The van der Waals surface area contributed by atoms with Gasteiger partial charge in [-0.05, 0) is 25.0 Å². The summed E-state index contributed by atoms with van der Waals surface area (Å²) in [5.74, 6) is 0.481. The van der Waals surface area contributed by atoms with E-state index in [9.17, 15) is 10.1 Å². The number of nitrogens with zero attached hydrogens (tertiary/aromatic N) is 1. The Kier molecular flexibility index (Phi) is 9.42. The number of furan rings is 1. The van der Waals surface area contributed by atoms with Crippen LogP contribution in [0.3, 0.4) is 0 Å². The minimum atomic E-state index is -0.281. The molecule has 0 saturated heterocycles. The zero-order valence-electron chi connectivity index (χ0n) is 15.6. The molecular formula is C21H31N3O2. The quantitative estimate of drug-likeness (QED) is 0.598. The van der Waals surface area contributed by atoms with Crippen molar-refractivity contribution in [3.05, 3.63) is 35.9 Å². The molecule has 2 N–H and O–H groups in total. The minimum Gasteiger partial charge on any atom is -0.467 e. The first-order chi connectivity index (χ1) is 12.8. The molecule has 0 radical (unpaired) electrons. The molecule has 5 nitrogen and oxygen atoms in total. The van der Waals surface area contributed by atoms with E-state index in [2.05, 4.69) is 10.6 Å². The first-order valence-corrected chi connectivity index (χ1v) is 9.96. The number of amides is 1. The molecular weight excluding hydrogens is 326 g/mol. The van der Waals surface area contributed by atoms with Crippen molar-refractivity contribution < 1.29 is 9.21 Å². The molecule has 0 unspecified atom stereocenters. The molecule has 142 valence electrons. The molecule has 26 heavy (non-hydrogen) atoms. The zero-order valence-corrected chi connectivity index (χ0v) is 15.6. The van der Waals surface area contributed by atoms with E-state index in [4.69, 9.17) is 4.42 Å². The molecule has 0 aromatic carbocycles. The summed E-state index contributed by atoms with van der Waals surface area (Å²) in [5.41, 5.74) is 0.114. The average molecular weight is 357 g/mol. The molecule has 1 fully saturated rings.